The molecular weight excluding hydrogens is 564 g/mol. The largest absolute Gasteiger partial charge is 0.493 e. The van der Waals surface area contributed by atoms with E-state index in [-0.39, 0.29) is 22.5 Å². The van der Waals surface area contributed by atoms with E-state index in [0.717, 1.165) is 21.6 Å². The van der Waals surface area contributed by atoms with Crippen LogP contribution in [0.25, 0.3) is 21.6 Å². The fourth-order valence-electron chi connectivity index (χ4n) is 4.93. The fourth-order valence-corrected chi connectivity index (χ4v) is 5.91. The second kappa shape index (κ2) is 11.9. The lowest BCUT2D eigenvalue weighted by Crippen LogP contribution is -2.17. The van der Waals surface area contributed by atoms with Crippen LogP contribution in [-0.2, 0) is 13.0 Å². The van der Waals surface area contributed by atoms with E-state index in [2.05, 4.69) is 15.6 Å². The molecule has 0 aliphatic carbocycles. The minimum Gasteiger partial charge on any atom is -0.493 e. The Bertz CT molecular complexity index is 1850. The number of hydrogen-bond donors (Lipinski definition) is 4. The van der Waals surface area contributed by atoms with E-state index in [0.29, 0.717) is 42.3 Å². The molecule has 0 atom stereocenters. The number of nitrogens with zero attached hydrogens (tertiary/aromatic N) is 1. The zero-order valence-electron chi connectivity index (χ0n) is 22.8. The Kier molecular flexibility index (Phi) is 7.69. The number of rotatable bonds is 7. The van der Waals surface area contributed by atoms with Gasteiger partial charge in [0.15, 0.2) is 5.69 Å². The lowest BCUT2D eigenvalue weighted by molar-refractivity contribution is 0.0691. The van der Waals surface area contributed by atoms with E-state index < -0.39 is 17.8 Å². The Balaban J connectivity index is 1.46. The average molecular weight is 591 g/mol. The summed E-state index contributed by atoms with van der Waals surface area (Å²) in [6.45, 7) is 0.800. The number of anilines is 2. The predicted octanol–water partition coefficient (Wildman–Crippen LogP) is 6.07. The summed E-state index contributed by atoms with van der Waals surface area (Å²) >= 11 is 1.55. The monoisotopic (exact) mass is 590 g/mol. The predicted molar refractivity (Wildman–Crippen MR) is 166 cm³/mol. The molecule has 3 aromatic carbocycles. The van der Waals surface area contributed by atoms with Crippen LogP contribution in [0.5, 0.6) is 5.75 Å². The number of ether oxygens (including phenoxy) is 1. The van der Waals surface area contributed by atoms with Gasteiger partial charge in [0.25, 0.3) is 11.8 Å². The maximum Gasteiger partial charge on any atom is 0.355 e. The molecule has 5 N–H and O–H groups in total. The summed E-state index contributed by atoms with van der Waals surface area (Å²) in [7, 11) is 0. The minimum absolute atomic E-state index is 0.0785. The van der Waals surface area contributed by atoms with Crippen molar-refractivity contribution in [1.29, 1.82) is 0 Å². The molecule has 0 radical (unpaired) electrons. The van der Waals surface area contributed by atoms with Gasteiger partial charge in [-0.15, -0.1) is 11.3 Å². The van der Waals surface area contributed by atoms with Crippen molar-refractivity contribution in [2.45, 2.75) is 13.0 Å². The molecule has 0 bridgehead atoms. The normalized spacial score (nSPS) is 11.8. The van der Waals surface area contributed by atoms with Gasteiger partial charge in [0.05, 0.1) is 6.61 Å². The number of pyridine rings is 1. The number of carboxylic acid groups (broad SMARTS) is 1. The van der Waals surface area contributed by atoms with Crippen LogP contribution in [0, 0.1) is 0 Å². The standard InChI is InChI=1S/C33H26N4O5S/c34-18-19-6-8-22(9-7-19)35-31(38)25-16-26-28(42-14-12-20-13-15-43-30(20)26)17-24(25)23-10-11-27(37-29(23)33(40)41)32(39)36-21-4-2-1-3-5-21/h1-11,13,15-17H,12,14,18,34H2,(H,35,38)(H,36,39)(H,40,41). The topological polar surface area (TPSA) is 144 Å². The van der Waals surface area contributed by atoms with Crippen LogP contribution >= 0.6 is 11.3 Å². The third kappa shape index (κ3) is 5.74. The number of amides is 2. The number of carbonyl (C=O) groups excluding carboxylic acids is 2. The van der Waals surface area contributed by atoms with Crippen LogP contribution in [0.15, 0.2) is 90.3 Å². The van der Waals surface area contributed by atoms with Crippen LogP contribution in [-0.4, -0.2) is 34.5 Å². The van der Waals surface area contributed by atoms with Crippen LogP contribution < -0.4 is 21.1 Å². The summed E-state index contributed by atoms with van der Waals surface area (Å²) in [6, 6.07) is 24.4. The molecule has 5 aromatic rings. The van der Waals surface area contributed by atoms with Gasteiger partial charge in [-0.05, 0) is 71.1 Å². The van der Waals surface area contributed by atoms with E-state index in [1.54, 1.807) is 59.9 Å². The smallest absolute Gasteiger partial charge is 0.355 e. The number of thiophene rings is 1. The number of fused-ring (bicyclic) bond motifs is 3. The van der Waals surface area contributed by atoms with Crippen molar-refractivity contribution >= 4 is 40.5 Å². The van der Waals surface area contributed by atoms with Crippen LogP contribution in [0.1, 0.15) is 42.5 Å². The Hall–Kier alpha value is -5.32. The number of nitrogens with one attached hydrogen (secondary N) is 2. The Morgan fingerprint density at radius 2 is 1.60 bits per heavy atom. The molecule has 2 amide bonds. The summed E-state index contributed by atoms with van der Waals surface area (Å²) in [4.78, 5) is 44.5. The van der Waals surface area contributed by atoms with Crippen LogP contribution in [0.4, 0.5) is 11.4 Å². The summed E-state index contributed by atoms with van der Waals surface area (Å²) in [5, 5.41) is 17.8. The molecule has 1 aliphatic heterocycles. The highest BCUT2D eigenvalue weighted by Crippen LogP contribution is 2.43. The minimum atomic E-state index is -1.34. The van der Waals surface area contributed by atoms with E-state index in [4.69, 9.17) is 10.5 Å². The quantitative estimate of drug-likeness (QED) is 0.180. The highest BCUT2D eigenvalue weighted by molar-refractivity contribution is 7.13. The summed E-state index contributed by atoms with van der Waals surface area (Å²) in [6.07, 6.45) is 0.699. The molecule has 0 unspecified atom stereocenters. The van der Waals surface area contributed by atoms with Gasteiger partial charge in [-0.1, -0.05) is 30.3 Å². The first-order valence-corrected chi connectivity index (χ1v) is 14.4. The van der Waals surface area contributed by atoms with Gasteiger partial charge in [0, 0.05) is 51.5 Å². The second-order valence-corrected chi connectivity index (χ2v) is 10.8. The van der Waals surface area contributed by atoms with Crippen molar-refractivity contribution in [3.63, 3.8) is 0 Å². The Labute approximate surface area is 251 Å². The van der Waals surface area contributed by atoms with Gasteiger partial charge >= 0.3 is 5.97 Å². The van der Waals surface area contributed by atoms with Gasteiger partial charge in [-0.25, -0.2) is 9.78 Å². The molecule has 1 aliphatic rings. The lowest BCUT2D eigenvalue weighted by Gasteiger charge is -2.17. The van der Waals surface area contributed by atoms with Gasteiger partial charge in [0.1, 0.15) is 11.4 Å². The molecule has 6 rings (SSSR count). The number of carboxylic acids is 1. The van der Waals surface area contributed by atoms with E-state index in [1.807, 2.05) is 29.6 Å². The zero-order chi connectivity index (χ0) is 29.9. The van der Waals surface area contributed by atoms with Crippen molar-refractivity contribution < 1.29 is 24.2 Å². The fraction of sp³-hybridized carbons (Fsp3) is 0.0909. The number of hydrogen-bond acceptors (Lipinski definition) is 7. The molecule has 3 heterocycles. The van der Waals surface area contributed by atoms with Gasteiger partial charge in [-0.3, -0.25) is 9.59 Å². The average Bonchev–Trinajstić information content (AvgIpc) is 3.42. The molecule has 10 heteroatoms. The van der Waals surface area contributed by atoms with E-state index in [9.17, 15) is 19.5 Å². The molecule has 2 aromatic heterocycles. The van der Waals surface area contributed by atoms with Gasteiger partial charge in [0.2, 0.25) is 0 Å². The van der Waals surface area contributed by atoms with Crippen LogP contribution in [0.2, 0.25) is 0 Å². The molecule has 43 heavy (non-hydrogen) atoms. The summed E-state index contributed by atoms with van der Waals surface area (Å²) in [5.74, 6) is -1.82. The molecular formula is C33H26N4O5S. The Morgan fingerprint density at radius 3 is 2.35 bits per heavy atom. The van der Waals surface area contributed by atoms with Gasteiger partial charge in [-0.2, -0.15) is 0 Å². The molecule has 0 fully saturated rings. The molecule has 214 valence electrons. The lowest BCUT2D eigenvalue weighted by atomic mass is 9.93. The maximum absolute atomic E-state index is 13.8. The van der Waals surface area contributed by atoms with E-state index in [1.165, 1.54) is 12.1 Å². The Morgan fingerprint density at radius 1 is 0.860 bits per heavy atom. The third-order valence-electron chi connectivity index (χ3n) is 7.08. The number of nitrogens with two attached hydrogens (primary N) is 1. The highest BCUT2D eigenvalue weighted by atomic mass is 32.1. The third-order valence-corrected chi connectivity index (χ3v) is 8.07. The summed E-state index contributed by atoms with van der Waals surface area (Å²) < 4.78 is 6.09. The molecule has 0 saturated carbocycles. The zero-order valence-corrected chi connectivity index (χ0v) is 23.6. The molecule has 0 spiro atoms. The summed E-state index contributed by atoms with van der Waals surface area (Å²) in [5.41, 5.74) is 9.87. The molecule has 9 nitrogen and oxygen atoms in total. The number of carbonyl (C=O) groups is 3. The van der Waals surface area contributed by atoms with Crippen molar-refractivity contribution in [2.75, 3.05) is 17.2 Å². The highest BCUT2D eigenvalue weighted by Gasteiger charge is 2.26. The number of benzene rings is 3. The second-order valence-electron chi connectivity index (χ2n) is 9.84. The number of aromatic nitrogens is 1. The maximum atomic E-state index is 13.8. The first-order chi connectivity index (χ1) is 20.9. The molecule has 0 saturated heterocycles. The number of aromatic carboxylic acids is 1. The first kappa shape index (κ1) is 27.8. The van der Waals surface area contributed by atoms with Crippen molar-refractivity contribution in [3.8, 4) is 27.3 Å². The number of para-hydroxylation sites is 1. The van der Waals surface area contributed by atoms with Crippen LogP contribution in [0.3, 0.4) is 0 Å². The van der Waals surface area contributed by atoms with E-state index >= 15 is 0 Å². The van der Waals surface area contributed by atoms with Crippen molar-refractivity contribution in [1.82, 2.24) is 4.98 Å². The van der Waals surface area contributed by atoms with Gasteiger partial charge < -0.3 is 26.2 Å². The SMILES string of the molecule is NCc1ccc(NC(=O)c2cc3c(cc2-c2ccc(C(=O)Nc4ccccc4)nc2C(=O)O)OCCc2ccsc2-3)cc1. The van der Waals surface area contributed by atoms with Crippen molar-refractivity contribution in [3.05, 3.63) is 118 Å². The van der Waals surface area contributed by atoms with Crippen molar-refractivity contribution in [2.24, 2.45) is 5.73 Å². The first-order valence-electron chi connectivity index (χ1n) is 13.5.